The lowest BCUT2D eigenvalue weighted by atomic mass is 10.2. The van der Waals surface area contributed by atoms with Crippen molar-refractivity contribution in [1.82, 2.24) is 20.8 Å². The highest BCUT2D eigenvalue weighted by Crippen LogP contribution is 2.30. The van der Waals surface area contributed by atoms with Crippen molar-refractivity contribution in [2.45, 2.75) is 19.6 Å². The molecule has 0 radical (unpaired) electrons. The van der Waals surface area contributed by atoms with E-state index in [1.54, 1.807) is 12.1 Å². The molecule has 4 rings (SSSR count). The number of benzene rings is 2. The Kier molecular flexibility index (Phi) is 6.34. The predicted molar refractivity (Wildman–Crippen MR) is 114 cm³/mol. The molecule has 1 aromatic heterocycles. The predicted octanol–water partition coefficient (Wildman–Crippen LogP) is 3.29. The van der Waals surface area contributed by atoms with E-state index in [4.69, 9.17) is 25.6 Å². The second kappa shape index (κ2) is 9.49. The second-order valence-electron chi connectivity index (χ2n) is 6.59. The topological polar surface area (TPSA) is 93.8 Å². The molecule has 1 atom stereocenters. The molecule has 30 heavy (non-hydrogen) atoms. The highest BCUT2D eigenvalue weighted by molar-refractivity contribution is 6.30. The van der Waals surface area contributed by atoms with Crippen molar-refractivity contribution in [3.8, 4) is 22.9 Å². The van der Waals surface area contributed by atoms with E-state index in [0.29, 0.717) is 35.8 Å². The van der Waals surface area contributed by atoms with E-state index < -0.39 is 0 Å². The average molecular weight is 428 g/mol. The number of nitrogens with zero attached hydrogens (tertiary/aromatic N) is 3. The number of nitrogens with one attached hydrogen (secondary N) is 2. The Bertz CT molecular complexity index is 1010. The molecular weight excluding hydrogens is 406 g/mol. The monoisotopic (exact) mass is 427 g/mol. The Morgan fingerprint density at radius 3 is 2.73 bits per heavy atom. The van der Waals surface area contributed by atoms with Crippen molar-refractivity contribution in [3.05, 3.63) is 59.4 Å². The molecule has 1 aliphatic heterocycles. The normalized spacial score (nSPS) is 15.7. The fraction of sp³-hybridized carbons (Fsp3) is 0.286. The van der Waals surface area contributed by atoms with Gasteiger partial charge in [0.2, 0.25) is 11.7 Å². The summed E-state index contributed by atoms with van der Waals surface area (Å²) in [7, 11) is 0. The minimum atomic E-state index is -0.122. The van der Waals surface area contributed by atoms with Crippen LogP contribution in [0.1, 0.15) is 12.8 Å². The van der Waals surface area contributed by atoms with Gasteiger partial charge >= 0.3 is 0 Å². The molecule has 0 saturated carbocycles. The molecule has 0 spiro atoms. The number of halogens is 1. The first kappa shape index (κ1) is 20.0. The molecule has 2 heterocycles. The zero-order valence-electron chi connectivity index (χ0n) is 16.5. The van der Waals surface area contributed by atoms with Gasteiger partial charge < -0.3 is 24.6 Å². The third-order valence-corrected chi connectivity index (χ3v) is 4.60. The zero-order chi connectivity index (χ0) is 20.8. The van der Waals surface area contributed by atoms with Crippen LogP contribution in [0.3, 0.4) is 0 Å². The first-order valence-corrected chi connectivity index (χ1v) is 10.1. The summed E-state index contributed by atoms with van der Waals surface area (Å²) in [5.41, 5.74) is 0.832. The minimum absolute atomic E-state index is 0.122. The Balaban J connectivity index is 1.34. The first-order valence-electron chi connectivity index (χ1n) is 9.70. The molecule has 9 heteroatoms. The minimum Gasteiger partial charge on any atom is -0.486 e. The fourth-order valence-electron chi connectivity index (χ4n) is 2.90. The highest BCUT2D eigenvalue weighted by Gasteiger charge is 2.20. The van der Waals surface area contributed by atoms with E-state index in [0.717, 1.165) is 23.6 Å². The molecule has 2 N–H and O–H groups in total. The SMILES string of the molecule is CCNC(=NCc1nc(-c2ccc(Cl)cc2)no1)NCC1COc2ccccc2O1. The van der Waals surface area contributed by atoms with Gasteiger partial charge in [0.05, 0.1) is 6.54 Å². The van der Waals surface area contributed by atoms with Gasteiger partial charge in [0.1, 0.15) is 19.3 Å². The van der Waals surface area contributed by atoms with E-state index in [1.165, 1.54) is 0 Å². The van der Waals surface area contributed by atoms with Crippen molar-refractivity contribution >= 4 is 17.6 Å². The lowest BCUT2D eigenvalue weighted by Gasteiger charge is -2.27. The van der Waals surface area contributed by atoms with Crippen LogP contribution in [0, 0.1) is 0 Å². The van der Waals surface area contributed by atoms with Gasteiger partial charge in [-0.2, -0.15) is 4.98 Å². The quantitative estimate of drug-likeness (QED) is 0.460. The molecule has 0 aliphatic carbocycles. The van der Waals surface area contributed by atoms with Gasteiger partial charge in [0, 0.05) is 17.1 Å². The van der Waals surface area contributed by atoms with E-state index in [1.807, 2.05) is 43.3 Å². The van der Waals surface area contributed by atoms with Gasteiger partial charge in [-0.3, -0.25) is 0 Å². The molecule has 8 nitrogen and oxygen atoms in total. The van der Waals surface area contributed by atoms with Crippen LogP contribution < -0.4 is 20.1 Å². The third kappa shape index (κ3) is 5.01. The number of ether oxygens (including phenoxy) is 2. The number of guanidine groups is 1. The molecule has 2 aromatic carbocycles. The fourth-order valence-corrected chi connectivity index (χ4v) is 3.02. The Labute approximate surface area is 179 Å². The molecule has 156 valence electrons. The van der Waals surface area contributed by atoms with Crippen LogP contribution in [0.5, 0.6) is 11.5 Å². The molecule has 0 bridgehead atoms. The maximum absolute atomic E-state index is 5.96. The number of rotatable bonds is 6. The molecule has 0 amide bonds. The van der Waals surface area contributed by atoms with Crippen molar-refractivity contribution in [2.75, 3.05) is 19.7 Å². The number of hydrogen-bond acceptors (Lipinski definition) is 6. The largest absolute Gasteiger partial charge is 0.486 e. The van der Waals surface area contributed by atoms with Gasteiger partial charge in [-0.15, -0.1) is 0 Å². The number of aliphatic imine (C=N–C) groups is 1. The van der Waals surface area contributed by atoms with Crippen LogP contribution in [0.4, 0.5) is 0 Å². The molecule has 1 aliphatic rings. The van der Waals surface area contributed by atoms with E-state index in [2.05, 4.69) is 25.8 Å². The smallest absolute Gasteiger partial charge is 0.248 e. The van der Waals surface area contributed by atoms with Crippen LogP contribution in [0.25, 0.3) is 11.4 Å². The number of aromatic nitrogens is 2. The van der Waals surface area contributed by atoms with Crippen LogP contribution in [-0.2, 0) is 6.54 Å². The summed E-state index contributed by atoms with van der Waals surface area (Å²) in [4.78, 5) is 8.90. The standard InChI is InChI=1S/C21H22ClN5O3/c1-2-23-21(24-11-16-13-28-17-5-3-4-6-18(17)29-16)25-12-19-26-20(27-30-19)14-7-9-15(22)10-8-14/h3-10,16H,2,11-13H2,1H3,(H2,23,24,25). The Morgan fingerprint density at radius 1 is 1.13 bits per heavy atom. The van der Waals surface area contributed by atoms with E-state index in [9.17, 15) is 0 Å². The summed E-state index contributed by atoms with van der Waals surface area (Å²) < 4.78 is 17.0. The van der Waals surface area contributed by atoms with Gasteiger partial charge in [-0.05, 0) is 43.3 Å². The van der Waals surface area contributed by atoms with E-state index in [-0.39, 0.29) is 12.6 Å². The van der Waals surface area contributed by atoms with Gasteiger partial charge in [-0.1, -0.05) is 28.9 Å². The molecule has 0 saturated heterocycles. The third-order valence-electron chi connectivity index (χ3n) is 4.35. The Morgan fingerprint density at radius 2 is 1.93 bits per heavy atom. The van der Waals surface area contributed by atoms with Crippen LogP contribution in [0.15, 0.2) is 58.0 Å². The lowest BCUT2D eigenvalue weighted by molar-refractivity contribution is 0.0936. The number of fused-ring (bicyclic) bond motifs is 1. The lowest BCUT2D eigenvalue weighted by Crippen LogP contribution is -2.45. The average Bonchev–Trinajstić information content (AvgIpc) is 3.25. The highest BCUT2D eigenvalue weighted by atomic mass is 35.5. The summed E-state index contributed by atoms with van der Waals surface area (Å²) >= 11 is 5.92. The van der Waals surface area contributed by atoms with Gasteiger partial charge in [-0.25, -0.2) is 4.99 Å². The summed E-state index contributed by atoms with van der Waals surface area (Å²) in [6.07, 6.45) is -0.122. The van der Waals surface area contributed by atoms with Crippen molar-refractivity contribution in [3.63, 3.8) is 0 Å². The maximum Gasteiger partial charge on any atom is 0.248 e. The molecular formula is C21H22ClN5O3. The Hall–Kier alpha value is -3.26. The van der Waals surface area contributed by atoms with E-state index >= 15 is 0 Å². The summed E-state index contributed by atoms with van der Waals surface area (Å²) in [5, 5.41) is 11.1. The summed E-state index contributed by atoms with van der Waals surface area (Å²) in [6.45, 7) is 3.98. The van der Waals surface area contributed by atoms with Gasteiger partial charge in [0.15, 0.2) is 17.5 Å². The maximum atomic E-state index is 5.96. The first-order chi connectivity index (χ1) is 14.7. The summed E-state index contributed by atoms with van der Waals surface area (Å²) in [6, 6.07) is 14.9. The van der Waals surface area contributed by atoms with Crippen LogP contribution in [-0.4, -0.2) is 41.9 Å². The summed E-state index contributed by atoms with van der Waals surface area (Å²) in [5.74, 6) is 3.07. The zero-order valence-corrected chi connectivity index (χ0v) is 17.2. The molecule has 0 fully saturated rings. The van der Waals surface area contributed by atoms with Crippen LogP contribution >= 0.6 is 11.6 Å². The van der Waals surface area contributed by atoms with Crippen molar-refractivity contribution in [1.29, 1.82) is 0 Å². The molecule has 3 aromatic rings. The van der Waals surface area contributed by atoms with Crippen molar-refractivity contribution < 1.29 is 14.0 Å². The van der Waals surface area contributed by atoms with Gasteiger partial charge in [0.25, 0.3) is 0 Å². The van der Waals surface area contributed by atoms with Crippen molar-refractivity contribution in [2.24, 2.45) is 4.99 Å². The molecule has 1 unspecified atom stereocenters. The number of para-hydroxylation sites is 2. The second-order valence-corrected chi connectivity index (χ2v) is 7.03. The van der Waals surface area contributed by atoms with Crippen LogP contribution in [0.2, 0.25) is 5.02 Å². The number of hydrogen-bond donors (Lipinski definition) is 2.